The van der Waals surface area contributed by atoms with E-state index in [1.165, 1.54) is 19.2 Å². The van der Waals surface area contributed by atoms with Crippen LogP contribution >= 0.6 is 0 Å². The van der Waals surface area contributed by atoms with Crippen LogP contribution < -0.4 is 10.1 Å². The number of nitrogens with one attached hydrogen (secondary N) is 1. The van der Waals surface area contributed by atoms with Crippen molar-refractivity contribution >= 4 is 22.8 Å². The van der Waals surface area contributed by atoms with Crippen molar-refractivity contribution in [2.45, 2.75) is 91.6 Å². The number of hydrogen-bond donors (Lipinski definition) is 1. The molecule has 47 heavy (non-hydrogen) atoms. The standard InChI is InChI=1S/C38H45F3N2O4/c1-8-9-12-26-13-10-15-28(19-26)34(38(39,40)41)42-35(44)29-17-18-31-32(25(4)43(23-24(2)3)33(31)22-29)21-27-14-11-16-30(20-27)47-37(5,6)36(45)46-7/h10-11,13-20,22,24,34H,8-9,12,21,23H2,1-7H3,(H,42,44)/t34-/m1/s1. The van der Waals surface area contributed by atoms with E-state index in [2.05, 4.69) is 23.7 Å². The number of aryl methyl sites for hydroxylation is 1. The number of amides is 1. The van der Waals surface area contributed by atoms with Crippen LogP contribution in [0.2, 0.25) is 0 Å². The van der Waals surface area contributed by atoms with E-state index < -0.39 is 29.7 Å². The predicted octanol–water partition coefficient (Wildman–Crippen LogP) is 8.90. The van der Waals surface area contributed by atoms with E-state index in [0.717, 1.165) is 46.1 Å². The Morgan fingerprint density at radius 1 is 0.957 bits per heavy atom. The molecule has 1 atom stereocenters. The van der Waals surface area contributed by atoms with Crippen molar-refractivity contribution < 1.29 is 32.2 Å². The van der Waals surface area contributed by atoms with E-state index in [1.54, 1.807) is 38.1 Å². The predicted molar refractivity (Wildman–Crippen MR) is 179 cm³/mol. The number of fused-ring (bicyclic) bond motifs is 1. The van der Waals surface area contributed by atoms with Crippen LogP contribution in [0.15, 0.2) is 66.7 Å². The number of carbonyl (C=O) groups excluding carboxylic acids is 2. The number of unbranched alkanes of at least 4 members (excludes halogenated alkanes) is 1. The van der Waals surface area contributed by atoms with Gasteiger partial charge in [0.15, 0.2) is 11.6 Å². The van der Waals surface area contributed by atoms with Crippen LogP contribution in [0.1, 0.15) is 91.8 Å². The second kappa shape index (κ2) is 14.7. The Bertz CT molecular complexity index is 1720. The Balaban J connectivity index is 1.68. The molecule has 1 amide bonds. The first-order valence-electron chi connectivity index (χ1n) is 16.1. The van der Waals surface area contributed by atoms with Gasteiger partial charge in [-0.2, -0.15) is 13.2 Å². The zero-order chi connectivity index (χ0) is 34.5. The number of rotatable bonds is 13. The summed E-state index contributed by atoms with van der Waals surface area (Å²) in [5, 5.41) is 3.19. The third kappa shape index (κ3) is 8.56. The van der Waals surface area contributed by atoms with Gasteiger partial charge in [-0.1, -0.05) is 69.7 Å². The van der Waals surface area contributed by atoms with Gasteiger partial charge in [0.25, 0.3) is 5.91 Å². The maximum atomic E-state index is 14.3. The number of ether oxygens (including phenoxy) is 2. The second-order valence-electron chi connectivity index (χ2n) is 13.0. The summed E-state index contributed by atoms with van der Waals surface area (Å²) in [6.07, 6.45) is -1.65. The summed E-state index contributed by atoms with van der Waals surface area (Å²) >= 11 is 0. The molecule has 1 N–H and O–H groups in total. The Hall–Kier alpha value is -4.27. The van der Waals surface area contributed by atoms with Crippen molar-refractivity contribution in [2.24, 2.45) is 5.92 Å². The number of methoxy groups -OCH3 is 1. The summed E-state index contributed by atoms with van der Waals surface area (Å²) in [6, 6.07) is 16.8. The summed E-state index contributed by atoms with van der Waals surface area (Å²) in [5.74, 6) is -0.475. The van der Waals surface area contributed by atoms with Crippen LogP contribution in [0, 0.1) is 12.8 Å². The molecule has 0 spiro atoms. The minimum atomic E-state index is -4.67. The Morgan fingerprint density at radius 2 is 1.66 bits per heavy atom. The summed E-state index contributed by atoms with van der Waals surface area (Å²) in [4.78, 5) is 25.6. The number of nitrogens with zero attached hydrogens (tertiary/aromatic N) is 1. The minimum absolute atomic E-state index is 0.0167. The topological polar surface area (TPSA) is 69.6 Å². The largest absolute Gasteiger partial charge is 0.476 e. The van der Waals surface area contributed by atoms with E-state index in [9.17, 15) is 22.8 Å². The lowest BCUT2D eigenvalue weighted by atomic mass is 9.99. The molecule has 0 unspecified atom stereocenters. The fraction of sp³-hybridized carbons (Fsp3) is 0.421. The van der Waals surface area contributed by atoms with E-state index in [1.807, 2.05) is 44.2 Å². The SMILES string of the molecule is CCCCc1cccc([C@@H](NC(=O)c2ccc3c(Cc4cccc(OC(C)(C)C(=O)OC)c4)c(C)n(CC(C)C)c3c2)C(F)(F)F)c1. The van der Waals surface area contributed by atoms with Crippen molar-refractivity contribution in [3.63, 3.8) is 0 Å². The average molecular weight is 651 g/mol. The van der Waals surface area contributed by atoms with Gasteiger partial charge in [-0.25, -0.2) is 4.79 Å². The first kappa shape index (κ1) is 35.6. The molecule has 0 fully saturated rings. The summed E-state index contributed by atoms with van der Waals surface area (Å²) < 4.78 is 55.9. The highest BCUT2D eigenvalue weighted by molar-refractivity contribution is 5.99. The van der Waals surface area contributed by atoms with Gasteiger partial charge in [0.05, 0.1) is 7.11 Å². The van der Waals surface area contributed by atoms with Crippen LogP contribution in [0.4, 0.5) is 13.2 Å². The van der Waals surface area contributed by atoms with Gasteiger partial charge >= 0.3 is 12.1 Å². The smallest absolute Gasteiger partial charge is 0.412 e. The first-order chi connectivity index (χ1) is 22.1. The van der Waals surface area contributed by atoms with Crippen LogP contribution in [-0.4, -0.2) is 35.3 Å². The lowest BCUT2D eigenvalue weighted by molar-refractivity contribution is -0.156. The number of aromatic nitrogens is 1. The molecule has 0 bridgehead atoms. The highest BCUT2D eigenvalue weighted by Crippen LogP contribution is 2.35. The second-order valence-corrected chi connectivity index (χ2v) is 13.0. The van der Waals surface area contributed by atoms with Crippen molar-refractivity contribution in [2.75, 3.05) is 7.11 Å². The molecule has 0 saturated heterocycles. The summed E-state index contributed by atoms with van der Waals surface area (Å²) in [6.45, 7) is 12.2. The molecule has 0 saturated carbocycles. The van der Waals surface area contributed by atoms with Crippen LogP contribution in [0.3, 0.4) is 0 Å². The molecule has 0 aliphatic heterocycles. The third-order valence-corrected chi connectivity index (χ3v) is 8.30. The monoisotopic (exact) mass is 650 g/mol. The van der Waals surface area contributed by atoms with Crippen molar-refractivity contribution in [3.05, 3.63) is 100 Å². The van der Waals surface area contributed by atoms with Gasteiger partial charge in [-0.05, 0) is 92.5 Å². The van der Waals surface area contributed by atoms with Crippen molar-refractivity contribution in [1.29, 1.82) is 0 Å². The Morgan fingerprint density at radius 3 is 2.32 bits per heavy atom. The first-order valence-corrected chi connectivity index (χ1v) is 16.1. The molecule has 1 aromatic heterocycles. The highest BCUT2D eigenvalue weighted by atomic mass is 19.4. The summed E-state index contributed by atoms with van der Waals surface area (Å²) in [7, 11) is 1.32. The van der Waals surface area contributed by atoms with Crippen LogP contribution in [-0.2, 0) is 28.9 Å². The lowest BCUT2D eigenvalue weighted by Crippen LogP contribution is -2.39. The number of hydrogen-bond acceptors (Lipinski definition) is 4. The Labute approximate surface area is 275 Å². The molecular weight excluding hydrogens is 605 g/mol. The molecule has 1 heterocycles. The number of benzene rings is 3. The van der Waals surface area contributed by atoms with Crippen molar-refractivity contribution in [3.8, 4) is 5.75 Å². The lowest BCUT2D eigenvalue weighted by Gasteiger charge is -2.23. The fourth-order valence-corrected chi connectivity index (χ4v) is 5.90. The molecule has 3 aromatic carbocycles. The maximum absolute atomic E-state index is 14.3. The zero-order valence-electron chi connectivity index (χ0n) is 28.3. The summed E-state index contributed by atoms with van der Waals surface area (Å²) in [5.41, 5.74) is 3.59. The molecular formula is C38H45F3N2O4. The van der Waals surface area contributed by atoms with Gasteiger partial charge in [-0.15, -0.1) is 0 Å². The molecule has 252 valence electrons. The van der Waals surface area contributed by atoms with Crippen molar-refractivity contribution in [1.82, 2.24) is 9.88 Å². The maximum Gasteiger partial charge on any atom is 0.412 e. The Kier molecular flexibility index (Phi) is 11.1. The van der Waals surface area contributed by atoms with E-state index in [4.69, 9.17) is 9.47 Å². The molecule has 0 aliphatic rings. The quantitative estimate of drug-likeness (QED) is 0.147. The molecule has 4 aromatic rings. The number of carbonyl (C=O) groups is 2. The fourth-order valence-electron chi connectivity index (χ4n) is 5.90. The van der Waals surface area contributed by atoms with E-state index in [0.29, 0.717) is 25.1 Å². The third-order valence-electron chi connectivity index (χ3n) is 8.30. The average Bonchev–Trinajstić information content (AvgIpc) is 3.26. The van der Waals surface area contributed by atoms with Crippen LogP contribution in [0.25, 0.3) is 10.9 Å². The van der Waals surface area contributed by atoms with E-state index >= 15 is 0 Å². The van der Waals surface area contributed by atoms with Gasteiger partial charge in [0, 0.05) is 28.7 Å². The van der Waals surface area contributed by atoms with Gasteiger partial charge in [0.1, 0.15) is 5.75 Å². The van der Waals surface area contributed by atoms with Gasteiger partial charge in [-0.3, -0.25) is 4.79 Å². The normalized spacial score (nSPS) is 12.7. The van der Waals surface area contributed by atoms with Gasteiger partial charge < -0.3 is 19.4 Å². The number of halogens is 3. The molecule has 0 radical (unpaired) electrons. The minimum Gasteiger partial charge on any atom is -0.476 e. The van der Waals surface area contributed by atoms with Crippen LogP contribution in [0.5, 0.6) is 5.75 Å². The molecule has 4 rings (SSSR count). The highest BCUT2D eigenvalue weighted by Gasteiger charge is 2.42. The molecule has 0 aliphatic carbocycles. The van der Waals surface area contributed by atoms with Gasteiger partial charge in [0.2, 0.25) is 0 Å². The number of alkyl halides is 3. The van der Waals surface area contributed by atoms with E-state index in [-0.39, 0.29) is 17.0 Å². The molecule has 9 heteroatoms. The number of esters is 1. The molecule has 6 nitrogen and oxygen atoms in total. The zero-order valence-corrected chi connectivity index (χ0v) is 28.3.